The van der Waals surface area contributed by atoms with Gasteiger partial charge >= 0.3 is 11.9 Å². The van der Waals surface area contributed by atoms with E-state index in [1.807, 2.05) is 0 Å². The Kier molecular flexibility index (Phi) is 44.8. The Balaban J connectivity index is -0.000000639. The molecule has 0 aromatic heterocycles. The van der Waals surface area contributed by atoms with Crippen molar-refractivity contribution in [2.24, 2.45) is 0 Å². The number of hydrogen-bond donors (Lipinski definition) is 3. The average molecular weight is 599 g/mol. The van der Waals surface area contributed by atoms with Crippen molar-refractivity contribution in [1.82, 2.24) is 0 Å². The number of aliphatic hydroxyl groups excluding tert-OH is 1. The third-order valence-corrected chi connectivity index (χ3v) is 7.70. The quantitative estimate of drug-likeness (QED) is 0.0564. The summed E-state index contributed by atoms with van der Waals surface area (Å²) in [5, 5.41) is 26.0. The van der Waals surface area contributed by atoms with E-state index in [0.717, 1.165) is 31.8 Å². The van der Waals surface area contributed by atoms with Gasteiger partial charge in [-0.15, -0.1) is 0 Å². The summed E-state index contributed by atoms with van der Waals surface area (Å²) in [5.74, 6) is -1.64. The second-order valence-corrected chi connectivity index (χ2v) is 12.0. The van der Waals surface area contributed by atoms with Gasteiger partial charge in [-0.25, -0.2) is 4.79 Å². The molecule has 0 aliphatic heterocycles. The van der Waals surface area contributed by atoms with Crippen LogP contribution in [0.15, 0.2) is 12.7 Å². The highest BCUT2D eigenvalue weighted by Crippen LogP contribution is 2.15. The predicted molar refractivity (Wildman–Crippen MR) is 182 cm³/mol. The van der Waals surface area contributed by atoms with Gasteiger partial charge in [-0.3, -0.25) is 4.79 Å². The fourth-order valence-electron chi connectivity index (χ4n) is 4.94. The van der Waals surface area contributed by atoms with Crippen molar-refractivity contribution < 1.29 is 24.9 Å². The van der Waals surface area contributed by atoms with Crippen LogP contribution in [-0.2, 0) is 9.59 Å². The van der Waals surface area contributed by atoms with Crippen molar-refractivity contribution in [3.05, 3.63) is 12.7 Å². The maximum Gasteiger partial charge on any atom is 0.327 e. The van der Waals surface area contributed by atoms with Gasteiger partial charge in [0.15, 0.2) is 0 Å². The normalized spacial score (nSPS) is 11.1. The van der Waals surface area contributed by atoms with Gasteiger partial charge in [0.05, 0.1) is 6.10 Å². The summed E-state index contributed by atoms with van der Waals surface area (Å²) in [6.07, 6.45) is 37.5. The fraction of sp³-hybridized carbons (Fsp3) is 0.892. The molecule has 0 bridgehead atoms. The number of hydrogen-bond acceptors (Lipinski definition) is 3. The van der Waals surface area contributed by atoms with Crippen LogP contribution in [0.5, 0.6) is 0 Å². The smallest absolute Gasteiger partial charge is 0.327 e. The van der Waals surface area contributed by atoms with Crippen molar-refractivity contribution in [2.45, 2.75) is 213 Å². The van der Waals surface area contributed by atoms with Gasteiger partial charge in [-0.05, 0) is 19.3 Å². The van der Waals surface area contributed by atoms with Crippen LogP contribution in [0.2, 0.25) is 0 Å². The molecule has 0 aliphatic carbocycles. The molecular weight excluding hydrogens is 524 g/mol. The standard InChI is InChI=1S/C20H42O.C14H28O2.C3H4O2/c1-3-5-7-9-11-12-13-15-17-19-20(21)18-16-14-10-8-6-4-2;1-2-3-4-5-6-7-8-9-10-11-12-13-14(15)16;1-2-3(4)5/h20-21H,3-19H2,1-2H3;2-13H2,1H3,(H,15,16);2H,1H2,(H,4,5). The van der Waals surface area contributed by atoms with Gasteiger partial charge in [-0.1, -0.05) is 188 Å². The molecule has 5 nitrogen and oxygen atoms in total. The average Bonchev–Trinajstić information content (AvgIpc) is 2.97. The van der Waals surface area contributed by atoms with Gasteiger partial charge < -0.3 is 15.3 Å². The number of aliphatic carboxylic acids is 2. The SMILES string of the molecule is C=CC(=O)O.CCCCCCCCCCCC(O)CCCCCCCC.CCCCCCCCCCCCCC(=O)O. The molecule has 0 amide bonds. The first kappa shape index (κ1) is 45.1. The number of carboxylic acid groups (broad SMARTS) is 2. The Labute approximate surface area is 262 Å². The van der Waals surface area contributed by atoms with E-state index in [1.54, 1.807) is 0 Å². The van der Waals surface area contributed by atoms with E-state index >= 15 is 0 Å². The lowest BCUT2D eigenvalue weighted by Gasteiger charge is -2.10. The molecule has 0 saturated heterocycles. The molecule has 0 radical (unpaired) electrons. The minimum Gasteiger partial charge on any atom is -0.481 e. The first-order chi connectivity index (χ1) is 20.3. The molecule has 42 heavy (non-hydrogen) atoms. The molecule has 5 heteroatoms. The Hall–Kier alpha value is -1.36. The number of aliphatic hydroxyl groups is 1. The molecular formula is C37H74O5. The summed E-state index contributed by atoms with van der Waals surface area (Å²) in [7, 11) is 0. The summed E-state index contributed by atoms with van der Waals surface area (Å²) >= 11 is 0. The largest absolute Gasteiger partial charge is 0.481 e. The lowest BCUT2D eigenvalue weighted by Crippen LogP contribution is -2.05. The highest BCUT2D eigenvalue weighted by atomic mass is 16.4. The van der Waals surface area contributed by atoms with E-state index in [9.17, 15) is 14.7 Å². The molecule has 0 aliphatic rings. The fourth-order valence-corrected chi connectivity index (χ4v) is 4.94. The van der Waals surface area contributed by atoms with Crippen LogP contribution in [-0.4, -0.2) is 33.4 Å². The monoisotopic (exact) mass is 599 g/mol. The first-order valence-corrected chi connectivity index (χ1v) is 18.1. The Morgan fingerprint density at radius 3 is 0.976 bits per heavy atom. The molecule has 0 fully saturated rings. The number of carboxylic acids is 2. The van der Waals surface area contributed by atoms with Gasteiger partial charge in [0, 0.05) is 12.5 Å². The molecule has 0 spiro atoms. The molecule has 1 atom stereocenters. The third-order valence-electron chi connectivity index (χ3n) is 7.70. The number of rotatable bonds is 30. The molecule has 1 unspecified atom stereocenters. The summed E-state index contributed by atoms with van der Waals surface area (Å²) in [6.45, 7) is 9.74. The molecule has 252 valence electrons. The van der Waals surface area contributed by atoms with E-state index < -0.39 is 11.9 Å². The van der Waals surface area contributed by atoms with Gasteiger partial charge in [-0.2, -0.15) is 0 Å². The maximum atomic E-state index is 10.3. The lowest BCUT2D eigenvalue weighted by atomic mass is 10.0. The van der Waals surface area contributed by atoms with Crippen LogP contribution in [0.25, 0.3) is 0 Å². The van der Waals surface area contributed by atoms with E-state index in [2.05, 4.69) is 27.4 Å². The van der Waals surface area contributed by atoms with Crippen LogP contribution in [0, 0.1) is 0 Å². The molecule has 3 N–H and O–H groups in total. The van der Waals surface area contributed by atoms with Gasteiger partial charge in [0.2, 0.25) is 0 Å². The third kappa shape index (κ3) is 51.4. The maximum absolute atomic E-state index is 10.3. The van der Waals surface area contributed by atoms with Crippen LogP contribution >= 0.6 is 0 Å². The topological polar surface area (TPSA) is 94.8 Å². The van der Waals surface area contributed by atoms with Gasteiger partial charge in [0.1, 0.15) is 0 Å². The summed E-state index contributed by atoms with van der Waals surface area (Å²) < 4.78 is 0. The second kappa shape index (κ2) is 41.8. The zero-order valence-corrected chi connectivity index (χ0v) is 28.5. The number of carbonyl (C=O) groups is 2. The Morgan fingerprint density at radius 2 is 0.738 bits per heavy atom. The Bertz CT molecular complexity index is 534. The second-order valence-electron chi connectivity index (χ2n) is 12.0. The van der Waals surface area contributed by atoms with E-state index in [4.69, 9.17) is 10.2 Å². The Morgan fingerprint density at radius 1 is 0.500 bits per heavy atom. The van der Waals surface area contributed by atoms with Crippen molar-refractivity contribution in [2.75, 3.05) is 0 Å². The molecule has 0 heterocycles. The lowest BCUT2D eigenvalue weighted by molar-refractivity contribution is -0.137. The van der Waals surface area contributed by atoms with Crippen molar-refractivity contribution in [3.63, 3.8) is 0 Å². The molecule has 0 aromatic rings. The highest BCUT2D eigenvalue weighted by molar-refractivity contribution is 5.78. The van der Waals surface area contributed by atoms with E-state index in [0.29, 0.717) is 6.42 Å². The minimum atomic E-state index is -0.981. The zero-order chi connectivity index (χ0) is 31.9. The predicted octanol–water partition coefficient (Wildman–Crippen LogP) is 12.0. The molecule has 0 rings (SSSR count). The number of unbranched alkanes of at least 4 members (excludes halogenated alkanes) is 23. The van der Waals surface area contributed by atoms with Crippen molar-refractivity contribution >= 4 is 11.9 Å². The highest BCUT2D eigenvalue weighted by Gasteiger charge is 2.03. The summed E-state index contributed by atoms with van der Waals surface area (Å²) in [5.41, 5.74) is 0. The van der Waals surface area contributed by atoms with Crippen LogP contribution in [0.1, 0.15) is 207 Å². The van der Waals surface area contributed by atoms with Crippen LogP contribution < -0.4 is 0 Å². The molecule has 0 aromatic carbocycles. The summed E-state index contributed by atoms with van der Waals surface area (Å²) in [6, 6.07) is 0. The zero-order valence-electron chi connectivity index (χ0n) is 28.5. The van der Waals surface area contributed by atoms with Crippen molar-refractivity contribution in [3.8, 4) is 0 Å². The van der Waals surface area contributed by atoms with Crippen molar-refractivity contribution in [1.29, 1.82) is 0 Å². The van der Waals surface area contributed by atoms with E-state index in [1.165, 1.54) is 154 Å². The van der Waals surface area contributed by atoms with Crippen LogP contribution in [0.3, 0.4) is 0 Å². The van der Waals surface area contributed by atoms with Crippen LogP contribution in [0.4, 0.5) is 0 Å². The van der Waals surface area contributed by atoms with Gasteiger partial charge in [0.25, 0.3) is 0 Å². The first-order valence-electron chi connectivity index (χ1n) is 18.1. The minimum absolute atomic E-state index is 0.0271. The molecule has 0 saturated carbocycles. The van der Waals surface area contributed by atoms with E-state index in [-0.39, 0.29) is 6.10 Å². The summed E-state index contributed by atoms with van der Waals surface area (Å²) in [4.78, 5) is 19.5.